The molecular formula is C21H18ClNO4S. The van der Waals surface area contributed by atoms with Gasteiger partial charge in [0.1, 0.15) is 0 Å². The number of aromatic amines is 1. The number of ketones is 1. The fraction of sp³-hybridized carbons (Fsp3) is 0.143. The summed E-state index contributed by atoms with van der Waals surface area (Å²) in [6.07, 6.45) is 3.14. The third kappa shape index (κ3) is 4.71. The first-order chi connectivity index (χ1) is 13.5. The van der Waals surface area contributed by atoms with E-state index in [4.69, 9.17) is 21.1 Å². The molecule has 5 nitrogen and oxygen atoms in total. The van der Waals surface area contributed by atoms with Crippen molar-refractivity contribution < 1.29 is 14.3 Å². The molecule has 0 saturated carbocycles. The molecule has 0 spiro atoms. The van der Waals surface area contributed by atoms with Gasteiger partial charge in [0.25, 0.3) is 5.56 Å². The molecule has 28 heavy (non-hydrogen) atoms. The van der Waals surface area contributed by atoms with E-state index < -0.39 is 0 Å². The van der Waals surface area contributed by atoms with Gasteiger partial charge in [-0.1, -0.05) is 29.8 Å². The maximum Gasteiger partial charge on any atom is 0.266 e. The Labute approximate surface area is 170 Å². The zero-order chi connectivity index (χ0) is 20.1. The van der Waals surface area contributed by atoms with Gasteiger partial charge >= 0.3 is 0 Å². The Morgan fingerprint density at radius 3 is 2.75 bits per heavy atom. The molecule has 0 aliphatic carbocycles. The van der Waals surface area contributed by atoms with Crippen molar-refractivity contribution in [3.05, 3.63) is 78.2 Å². The van der Waals surface area contributed by atoms with E-state index in [1.165, 1.54) is 17.4 Å². The van der Waals surface area contributed by atoms with Crippen molar-refractivity contribution in [2.24, 2.45) is 0 Å². The highest BCUT2D eigenvalue weighted by Gasteiger charge is 2.06. The Morgan fingerprint density at radius 2 is 2.04 bits per heavy atom. The van der Waals surface area contributed by atoms with Crippen molar-refractivity contribution in [1.82, 2.24) is 4.98 Å². The van der Waals surface area contributed by atoms with Crippen LogP contribution in [0.3, 0.4) is 0 Å². The topological polar surface area (TPSA) is 68.4 Å². The molecule has 1 aromatic heterocycles. The molecule has 3 aromatic rings. The minimum absolute atomic E-state index is 0.228. The molecule has 1 heterocycles. The number of rotatable bonds is 6. The Hall–Kier alpha value is -2.83. The number of H-pyrrole nitrogens is 1. The number of hydrogen-bond acceptors (Lipinski definition) is 5. The summed E-state index contributed by atoms with van der Waals surface area (Å²) >= 11 is 7.13. The van der Waals surface area contributed by atoms with Crippen molar-refractivity contribution in [2.45, 2.75) is 6.92 Å². The molecule has 7 heteroatoms. The third-order valence-electron chi connectivity index (χ3n) is 3.84. The SMILES string of the molecule is CCOc1ccc(/C=c2\s/c(=C\C(=O)c3cccc(Cl)c3)[nH]c2=O)cc1OC. The van der Waals surface area contributed by atoms with Gasteiger partial charge < -0.3 is 14.5 Å². The van der Waals surface area contributed by atoms with Gasteiger partial charge in [-0.05, 0) is 42.8 Å². The second-order valence-corrected chi connectivity index (χ2v) is 7.31. The largest absolute Gasteiger partial charge is 0.493 e. The second-order valence-electron chi connectivity index (χ2n) is 5.79. The first-order valence-electron chi connectivity index (χ1n) is 8.53. The Morgan fingerprint density at radius 1 is 1.21 bits per heavy atom. The fourth-order valence-corrected chi connectivity index (χ4v) is 3.64. The molecule has 0 aliphatic heterocycles. The van der Waals surface area contributed by atoms with Crippen LogP contribution in [0.4, 0.5) is 0 Å². The summed E-state index contributed by atoms with van der Waals surface area (Å²) in [7, 11) is 1.56. The predicted molar refractivity (Wildman–Crippen MR) is 112 cm³/mol. The molecule has 0 bridgehead atoms. The van der Waals surface area contributed by atoms with Gasteiger partial charge in [0.15, 0.2) is 17.3 Å². The molecular weight excluding hydrogens is 398 g/mol. The zero-order valence-electron chi connectivity index (χ0n) is 15.3. The maximum absolute atomic E-state index is 12.4. The van der Waals surface area contributed by atoms with Gasteiger partial charge in [-0.2, -0.15) is 0 Å². The van der Waals surface area contributed by atoms with Crippen LogP contribution in [-0.4, -0.2) is 24.5 Å². The quantitative estimate of drug-likeness (QED) is 0.628. The summed E-state index contributed by atoms with van der Waals surface area (Å²) in [6, 6.07) is 12.1. The van der Waals surface area contributed by atoms with E-state index in [0.717, 1.165) is 5.56 Å². The smallest absolute Gasteiger partial charge is 0.266 e. The summed E-state index contributed by atoms with van der Waals surface area (Å²) in [4.78, 5) is 27.3. The van der Waals surface area contributed by atoms with E-state index in [-0.39, 0.29) is 11.3 Å². The van der Waals surface area contributed by atoms with E-state index in [1.54, 1.807) is 49.6 Å². The summed E-state index contributed by atoms with van der Waals surface area (Å²) in [5.74, 6) is 1.00. The van der Waals surface area contributed by atoms with E-state index in [0.29, 0.717) is 37.9 Å². The molecule has 0 aliphatic rings. The lowest BCUT2D eigenvalue weighted by Crippen LogP contribution is -2.20. The Kier molecular flexibility index (Phi) is 6.34. The van der Waals surface area contributed by atoms with Crippen LogP contribution in [0.1, 0.15) is 22.8 Å². The van der Waals surface area contributed by atoms with E-state index in [9.17, 15) is 9.59 Å². The number of hydrogen-bond donors (Lipinski definition) is 1. The number of thiazole rings is 1. The number of halogens is 1. The van der Waals surface area contributed by atoms with Gasteiger partial charge in [-0.15, -0.1) is 11.3 Å². The van der Waals surface area contributed by atoms with E-state index in [2.05, 4.69) is 4.98 Å². The lowest BCUT2D eigenvalue weighted by atomic mass is 10.1. The van der Waals surface area contributed by atoms with Gasteiger partial charge in [0, 0.05) is 16.7 Å². The number of nitrogens with one attached hydrogen (secondary N) is 1. The highest BCUT2D eigenvalue weighted by atomic mass is 35.5. The molecule has 0 amide bonds. The molecule has 0 radical (unpaired) electrons. The standard InChI is InChI=1S/C21H18ClNO4S/c1-3-27-17-8-7-13(9-18(17)26-2)10-19-21(25)23-20(28-19)12-16(24)14-5-4-6-15(22)11-14/h4-12H,3H2,1-2H3,(H,23,25)/b19-10-,20-12-. The van der Waals surface area contributed by atoms with Crippen LogP contribution < -0.4 is 24.2 Å². The molecule has 1 N–H and O–H groups in total. The zero-order valence-corrected chi connectivity index (χ0v) is 16.9. The molecule has 2 aromatic carbocycles. The number of benzene rings is 2. The number of methoxy groups -OCH3 is 1. The van der Waals surface area contributed by atoms with Gasteiger partial charge in [-0.25, -0.2) is 0 Å². The molecule has 3 rings (SSSR count). The molecule has 0 fully saturated rings. The van der Waals surface area contributed by atoms with Gasteiger partial charge in [-0.3, -0.25) is 9.59 Å². The van der Waals surface area contributed by atoms with Crippen LogP contribution >= 0.6 is 22.9 Å². The first kappa shape index (κ1) is 19.9. The highest BCUT2D eigenvalue weighted by molar-refractivity contribution is 7.07. The van der Waals surface area contributed by atoms with Crippen LogP contribution in [0.2, 0.25) is 5.02 Å². The number of carbonyl (C=O) groups excluding carboxylic acids is 1. The van der Waals surface area contributed by atoms with Crippen LogP contribution in [0.25, 0.3) is 12.2 Å². The second kappa shape index (κ2) is 8.91. The minimum Gasteiger partial charge on any atom is -0.493 e. The average Bonchev–Trinajstić information content (AvgIpc) is 3.01. The lowest BCUT2D eigenvalue weighted by Gasteiger charge is -2.09. The highest BCUT2D eigenvalue weighted by Crippen LogP contribution is 2.28. The van der Waals surface area contributed by atoms with Crippen LogP contribution in [0.15, 0.2) is 47.3 Å². The number of ether oxygens (including phenoxy) is 2. The molecule has 0 unspecified atom stereocenters. The van der Waals surface area contributed by atoms with Gasteiger partial charge in [0.05, 0.1) is 22.9 Å². The van der Waals surface area contributed by atoms with Crippen LogP contribution in [-0.2, 0) is 0 Å². The summed E-state index contributed by atoms with van der Waals surface area (Å²) in [6.45, 7) is 2.43. The number of Topliss-reactive ketones (excluding diaryl/α,β-unsaturated/α-hetero) is 1. The number of carbonyl (C=O) groups is 1. The first-order valence-corrected chi connectivity index (χ1v) is 9.73. The summed E-state index contributed by atoms with van der Waals surface area (Å²) in [5, 5.41) is 0.484. The molecule has 0 atom stereocenters. The van der Waals surface area contributed by atoms with E-state index in [1.807, 2.05) is 13.0 Å². The van der Waals surface area contributed by atoms with Crippen LogP contribution in [0.5, 0.6) is 11.5 Å². The fourth-order valence-electron chi connectivity index (χ4n) is 2.57. The maximum atomic E-state index is 12.4. The van der Waals surface area contributed by atoms with E-state index >= 15 is 0 Å². The van der Waals surface area contributed by atoms with Crippen molar-refractivity contribution in [3.8, 4) is 11.5 Å². The van der Waals surface area contributed by atoms with Crippen molar-refractivity contribution >= 4 is 40.9 Å². The number of aromatic nitrogens is 1. The van der Waals surface area contributed by atoms with Crippen molar-refractivity contribution in [2.75, 3.05) is 13.7 Å². The third-order valence-corrected chi connectivity index (χ3v) is 5.04. The van der Waals surface area contributed by atoms with Gasteiger partial charge in [0.2, 0.25) is 0 Å². The molecule has 0 saturated heterocycles. The average molecular weight is 416 g/mol. The minimum atomic E-state index is -0.261. The van der Waals surface area contributed by atoms with Crippen molar-refractivity contribution in [1.29, 1.82) is 0 Å². The normalized spacial score (nSPS) is 12.2. The Bertz CT molecular complexity index is 1180. The van der Waals surface area contributed by atoms with Crippen molar-refractivity contribution in [3.63, 3.8) is 0 Å². The predicted octanol–water partition coefficient (Wildman–Crippen LogP) is 2.99. The lowest BCUT2D eigenvalue weighted by molar-refractivity contribution is 0.106. The molecule has 144 valence electrons. The Balaban J connectivity index is 1.96. The van der Waals surface area contributed by atoms with Crippen LogP contribution in [0, 0.1) is 0 Å². The summed E-state index contributed by atoms with van der Waals surface area (Å²) in [5.41, 5.74) is 0.992. The monoisotopic (exact) mass is 415 g/mol. The summed E-state index contributed by atoms with van der Waals surface area (Å²) < 4.78 is 11.8.